The molecule has 9 nitrogen and oxygen atoms in total. The normalized spacial score (nSPS) is 20.3. The van der Waals surface area contributed by atoms with E-state index in [1.54, 1.807) is 43.5 Å². The monoisotopic (exact) mass is 510 g/mol. The maximum atomic E-state index is 13.8. The number of para-hydroxylation sites is 1. The van der Waals surface area contributed by atoms with Crippen molar-refractivity contribution in [2.24, 2.45) is 5.92 Å². The average Bonchev–Trinajstić information content (AvgIpc) is 3.17. The van der Waals surface area contributed by atoms with Crippen molar-refractivity contribution in [2.75, 3.05) is 60.7 Å². The van der Waals surface area contributed by atoms with Crippen LogP contribution in [0.4, 0.5) is 0 Å². The molecule has 0 aromatic heterocycles. The number of rotatable bonds is 10. The molecule has 1 amide bonds. The van der Waals surface area contributed by atoms with Gasteiger partial charge in [-0.25, -0.2) is 0 Å². The highest BCUT2D eigenvalue weighted by molar-refractivity contribution is 6.44. The number of ketones is 2. The summed E-state index contributed by atoms with van der Waals surface area (Å²) in [6, 6.07) is 9.51. The molecule has 37 heavy (non-hydrogen) atoms. The Morgan fingerprint density at radius 2 is 1.70 bits per heavy atom. The fourth-order valence-electron chi connectivity index (χ4n) is 5.22. The second-order valence-electron chi connectivity index (χ2n) is 9.22. The van der Waals surface area contributed by atoms with Gasteiger partial charge in [0.1, 0.15) is 11.7 Å². The van der Waals surface area contributed by atoms with Gasteiger partial charge < -0.3 is 23.8 Å². The zero-order valence-corrected chi connectivity index (χ0v) is 21.8. The summed E-state index contributed by atoms with van der Waals surface area (Å²) >= 11 is 0. The van der Waals surface area contributed by atoms with Gasteiger partial charge in [-0.1, -0.05) is 12.1 Å². The number of aryl methyl sites for hydroxylation is 1. The molecule has 0 N–H and O–H groups in total. The number of ether oxygens (including phenoxy) is 4. The highest BCUT2D eigenvalue weighted by Crippen LogP contribution is 2.45. The maximum Gasteiger partial charge on any atom is 0.291 e. The van der Waals surface area contributed by atoms with E-state index in [1.165, 1.54) is 19.1 Å². The lowest BCUT2D eigenvalue weighted by molar-refractivity contribution is -0.140. The standard InChI is InChI=1S/C28H34N2O7/c1-18-17-19(9-10-21(18)34-2)25(31)23-24(20-7-5-8-22(35-3)27(20)36-4)30(28(33)26(23)32)12-6-11-29-13-15-37-16-14-29/h5,7-10,17,23-24H,6,11-16H2,1-4H3. The van der Waals surface area contributed by atoms with Gasteiger partial charge >= 0.3 is 0 Å². The third-order valence-electron chi connectivity index (χ3n) is 7.10. The minimum atomic E-state index is -1.20. The minimum Gasteiger partial charge on any atom is -0.496 e. The molecular formula is C28H34N2O7. The van der Waals surface area contributed by atoms with Crippen molar-refractivity contribution in [1.82, 2.24) is 9.80 Å². The first-order valence-electron chi connectivity index (χ1n) is 12.5. The number of amides is 1. The Balaban J connectivity index is 1.71. The molecular weight excluding hydrogens is 476 g/mol. The lowest BCUT2D eigenvalue weighted by Gasteiger charge is -2.31. The molecule has 198 valence electrons. The number of hydrogen-bond acceptors (Lipinski definition) is 8. The molecule has 2 unspecified atom stereocenters. The number of likely N-dealkylation sites (tertiary alicyclic amines) is 1. The van der Waals surface area contributed by atoms with Crippen LogP contribution < -0.4 is 14.2 Å². The summed E-state index contributed by atoms with van der Waals surface area (Å²) in [5, 5.41) is 0. The lowest BCUT2D eigenvalue weighted by Crippen LogP contribution is -2.39. The topological polar surface area (TPSA) is 94.6 Å². The number of morpholine rings is 1. The van der Waals surface area contributed by atoms with Gasteiger partial charge in [0.15, 0.2) is 17.3 Å². The number of hydrogen-bond donors (Lipinski definition) is 0. The molecule has 0 saturated carbocycles. The second-order valence-corrected chi connectivity index (χ2v) is 9.22. The molecule has 2 saturated heterocycles. The van der Waals surface area contributed by atoms with Crippen molar-refractivity contribution in [1.29, 1.82) is 0 Å². The Morgan fingerprint density at radius 1 is 0.973 bits per heavy atom. The van der Waals surface area contributed by atoms with Crippen LogP contribution in [0.3, 0.4) is 0 Å². The summed E-state index contributed by atoms with van der Waals surface area (Å²) in [6.07, 6.45) is 0.657. The molecule has 0 bridgehead atoms. The third-order valence-corrected chi connectivity index (χ3v) is 7.10. The molecule has 0 aliphatic carbocycles. The highest BCUT2D eigenvalue weighted by atomic mass is 16.5. The molecule has 2 aromatic rings. The van der Waals surface area contributed by atoms with Crippen LogP contribution in [0, 0.1) is 12.8 Å². The summed E-state index contributed by atoms with van der Waals surface area (Å²) in [6.45, 7) is 5.96. The smallest absolute Gasteiger partial charge is 0.291 e. The highest BCUT2D eigenvalue weighted by Gasteiger charge is 2.52. The Bertz CT molecular complexity index is 1160. The summed E-state index contributed by atoms with van der Waals surface area (Å²) in [7, 11) is 4.59. The first-order chi connectivity index (χ1) is 17.9. The SMILES string of the molecule is COc1ccc(C(=O)C2C(=O)C(=O)N(CCCN3CCOCC3)C2c2cccc(OC)c2OC)cc1C. The van der Waals surface area contributed by atoms with Gasteiger partial charge in [0.25, 0.3) is 5.91 Å². The number of Topliss-reactive ketones (excluding diaryl/α,β-unsaturated/α-hetero) is 2. The fraction of sp³-hybridized carbons (Fsp3) is 0.464. The molecule has 2 atom stereocenters. The van der Waals surface area contributed by atoms with Crippen LogP contribution in [-0.2, 0) is 14.3 Å². The van der Waals surface area contributed by atoms with Gasteiger partial charge in [-0.2, -0.15) is 0 Å². The van der Waals surface area contributed by atoms with E-state index in [0.717, 1.165) is 25.2 Å². The van der Waals surface area contributed by atoms with E-state index in [2.05, 4.69) is 4.90 Å². The molecule has 0 spiro atoms. The van der Waals surface area contributed by atoms with E-state index in [0.29, 0.717) is 54.6 Å². The number of carbonyl (C=O) groups excluding carboxylic acids is 3. The van der Waals surface area contributed by atoms with Crippen molar-refractivity contribution in [3.63, 3.8) is 0 Å². The maximum absolute atomic E-state index is 13.8. The van der Waals surface area contributed by atoms with Crippen LogP contribution in [0.25, 0.3) is 0 Å². The van der Waals surface area contributed by atoms with Crippen LogP contribution in [0.5, 0.6) is 17.2 Å². The predicted octanol–water partition coefficient (Wildman–Crippen LogP) is 2.69. The van der Waals surface area contributed by atoms with Crippen LogP contribution in [0.15, 0.2) is 36.4 Å². The third kappa shape index (κ3) is 5.33. The molecule has 0 radical (unpaired) electrons. The predicted molar refractivity (Wildman–Crippen MR) is 136 cm³/mol. The van der Waals surface area contributed by atoms with Gasteiger partial charge in [0.2, 0.25) is 5.78 Å². The molecule has 2 heterocycles. The summed E-state index contributed by atoms with van der Waals surface area (Å²) < 4.78 is 21.9. The molecule has 2 aliphatic heterocycles. The number of benzene rings is 2. The first kappa shape index (κ1) is 26.6. The largest absolute Gasteiger partial charge is 0.496 e. The molecule has 4 rings (SSSR count). The number of methoxy groups -OCH3 is 3. The summed E-state index contributed by atoms with van der Waals surface area (Å²) in [5.41, 5.74) is 1.69. The van der Waals surface area contributed by atoms with Gasteiger partial charge in [0, 0.05) is 37.3 Å². The average molecular weight is 511 g/mol. The molecule has 2 aliphatic rings. The van der Waals surface area contributed by atoms with Crippen LogP contribution in [-0.4, -0.2) is 88.0 Å². The van der Waals surface area contributed by atoms with Gasteiger partial charge in [-0.15, -0.1) is 0 Å². The number of carbonyl (C=O) groups is 3. The quantitative estimate of drug-likeness (QED) is 0.274. The van der Waals surface area contributed by atoms with E-state index < -0.39 is 29.4 Å². The molecule has 2 aromatic carbocycles. The van der Waals surface area contributed by atoms with E-state index in [4.69, 9.17) is 18.9 Å². The zero-order valence-electron chi connectivity index (χ0n) is 21.8. The van der Waals surface area contributed by atoms with Crippen LogP contribution in [0.1, 0.15) is 33.9 Å². The first-order valence-corrected chi connectivity index (χ1v) is 12.5. The molecule has 9 heteroatoms. The number of nitrogens with zero attached hydrogens (tertiary/aromatic N) is 2. The summed E-state index contributed by atoms with van der Waals surface area (Å²) in [4.78, 5) is 44.4. The van der Waals surface area contributed by atoms with E-state index in [1.807, 2.05) is 6.92 Å². The van der Waals surface area contributed by atoms with Crippen molar-refractivity contribution < 1.29 is 33.3 Å². The van der Waals surface area contributed by atoms with Crippen molar-refractivity contribution in [3.05, 3.63) is 53.1 Å². The van der Waals surface area contributed by atoms with Crippen LogP contribution in [0.2, 0.25) is 0 Å². The fourth-order valence-corrected chi connectivity index (χ4v) is 5.22. The van der Waals surface area contributed by atoms with Gasteiger partial charge in [-0.3, -0.25) is 19.3 Å². The Kier molecular flexibility index (Phi) is 8.45. The van der Waals surface area contributed by atoms with Crippen LogP contribution >= 0.6 is 0 Å². The minimum absolute atomic E-state index is 0.332. The summed E-state index contributed by atoms with van der Waals surface area (Å²) in [5.74, 6) is -1.47. The second kappa shape index (κ2) is 11.7. The van der Waals surface area contributed by atoms with Gasteiger partial charge in [-0.05, 0) is 43.2 Å². The Hall–Kier alpha value is -3.43. The molecule has 2 fully saturated rings. The van der Waals surface area contributed by atoms with E-state index >= 15 is 0 Å². The lowest BCUT2D eigenvalue weighted by atomic mass is 9.85. The Morgan fingerprint density at radius 3 is 2.35 bits per heavy atom. The van der Waals surface area contributed by atoms with Crippen molar-refractivity contribution >= 4 is 17.5 Å². The van der Waals surface area contributed by atoms with E-state index in [-0.39, 0.29) is 0 Å². The van der Waals surface area contributed by atoms with E-state index in [9.17, 15) is 14.4 Å². The van der Waals surface area contributed by atoms with Crippen molar-refractivity contribution in [3.8, 4) is 17.2 Å². The van der Waals surface area contributed by atoms with Gasteiger partial charge in [0.05, 0.1) is 40.6 Å². The Labute approximate surface area is 217 Å². The van der Waals surface area contributed by atoms with Crippen molar-refractivity contribution in [2.45, 2.75) is 19.4 Å². The zero-order chi connectivity index (χ0) is 26.5.